The second-order valence-corrected chi connectivity index (χ2v) is 13.6. The highest BCUT2D eigenvalue weighted by Gasteiger charge is 2.48. The molecule has 3 fully saturated rings. The van der Waals surface area contributed by atoms with Crippen molar-refractivity contribution in [3.05, 3.63) is 81.6 Å². The lowest BCUT2D eigenvalue weighted by Crippen LogP contribution is -2.43. The molecule has 3 unspecified atom stereocenters. The summed E-state index contributed by atoms with van der Waals surface area (Å²) in [6, 6.07) is 14.0. The minimum Gasteiger partial charge on any atom is -0.490 e. The molecule has 3 N–H and O–H groups in total. The van der Waals surface area contributed by atoms with Gasteiger partial charge in [0.15, 0.2) is 0 Å². The molecular formula is C36H42Cl2N2O6. The molecule has 0 bridgehead atoms. The number of nitrogens with one attached hydrogen (secondary N) is 1. The number of hydrogen-bond donors (Lipinski definition) is 3. The first-order valence-electron chi connectivity index (χ1n) is 16.4. The van der Waals surface area contributed by atoms with Crippen molar-refractivity contribution < 1.29 is 29.2 Å². The molecule has 2 aliphatic carbocycles. The van der Waals surface area contributed by atoms with Crippen molar-refractivity contribution in [1.29, 1.82) is 0 Å². The number of pyridine rings is 1. The van der Waals surface area contributed by atoms with Crippen LogP contribution in [0.3, 0.4) is 0 Å². The molecule has 3 atom stereocenters. The van der Waals surface area contributed by atoms with Crippen LogP contribution in [0.1, 0.15) is 74.5 Å². The lowest BCUT2D eigenvalue weighted by Gasteiger charge is -2.32. The molecule has 10 heteroatoms. The smallest absolute Gasteiger partial charge is 0.220 e. The van der Waals surface area contributed by atoms with E-state index >= 15 is 0 Å². The molecule has 3 aliphatic rings. The van der Waals surface area contributed by atoms with E-state index in [4.69, 9.17) is 37.4 Å². The highest BCUT2D eigenvalue weighted by Crippen LogP contribution is 2.53. The highest BCUT2D eigenvalue weighted by molar-refractivity contribution is 6.34. The number of ether oxygens (including phenoxy) is 3. The maximum absolute atomic E-state index is 12.4. The van der Waals surface area contributed by atoms with Crippen molar-refractivity contribution in [2.24, 2.45) is 0 Å². The van der Waals surface area contributed by atoms with Gasteiger partial charge in [0, 0.05) is 59.4 Å². The minimum atomic E-state index is -0.522. The molecule has 8 nitrogen and oxygen atoms in total. The van der Waals surface area contributed by atoms with Crippen LogP contribution in [0, 0.1) is 0 Å². The second-order valence-electron chi connectivity index (χ2n) is 12.8. The summed E-state index contributed by atoms with van der Waals surface area (Å²) in [6.07, 6.45) is 10.2. The van der Waals surface area contributed by atoms with E-state index in [0.717, 1.165) is 65.7 Å². The number of aryl methyl sites for hydroxylation is 1. The molecule has 2 heterocycles. The molecule has 46 heavy (non-hydrogen) atoms. The van der Waals surface area contributed by atoms with E-state index in [9.17, 15) is 15.0 Å². The van der Waals surface area contributed by atoms with E-state index in [1.807, 2.05) is 48.8 Å². The van der Waals surface area contributed by atoms with Crippen molar-refractivity contribution in [2.75, 3.05) is 13.2 Å². The molecule has 1 saturated heterocycles. The summed E-state index contributed by atoms with van der Waals surface area (Å²) in [4.78, 5) is 16.8. The topological polar surface area (TPSA) is 110 Å². The molecule has 2 aromatic carbocycles. The Labute approximate surface area is 280 Å². The van der Waals surface area contributed by atoms with Gasteiger partial charge in [-0.3, -0.25) is 9.78 Å². The third-order valence-electron chi connectivity index (χ3n) is 9.02. The number of aliphatic hydroxyl groups is 2. The molecule has 6 rings (SSSR count). The van der Waals surface area contributed by atoms with Gasteiger partial charge < -0.3 is 29.7 Å². The number of halogens is 2. The number of carbonyl (C=O) groups excluding carboxylic acids is 1. The first-order valence-corrected chi connectivity index (χ1v) is 17.1. The Bertz CT molecular complexity index is 1510. The molecule has 1 aliphatic heterocycles. The lowest BCUT2D eigenvalue weighted by molar-refractivity contribution is -0.127. The van der Waals surface area contributed by atoms with Crippen LogP contribution in [0.5, 0.6) is 5.75 Å². The van der Waals surface area contributed by atoms with Gasteiger partial charge in [-0.15, -0.1) is 0 Å². The maximum atomic E-state index is 12.4. The predicted octanol–water partition coefficient (Wildman–Crippen LogP) is 6.53. The first-order chi connectivity index (χ1) is 22.3. The molecule has 0 radical (unpaired) electrons. The fourth-order valence-electron chi connectivity index (χ4n) is 6.15. The number of benzene rings is 2. The summed E-state index contributed by atoms with van der Waals surface area (Å²) < 4.78 is 18.5. The number of aliphatic hydroxyl groups excluding tert-OH is 2. The Kier molecular flexibility index (Phi) is 10.8. The van der Waals surface area contributed by atoms with Crippen LogP contribution < -0.4 is 10.1 Å². The summed E-state index contributed by atoms with van der Waals surface area (Å²) in [7, 11) is 0. The third kappa shape index (κ3) is 8.40. The summed E-state index contributed by atoms with van der Waals surface area (Å²) in [6.45, 7) is 0.512. The number of unbranched alkanes of at least 4 members (excludes halogenated alkanes) is 1. The Morgan fingerprint density at radius 3 is 2.57 bits per heavy atom. The van der Waals surface area contributed by atoms with Gasteiger partial charge in [0.1, 0.15) is 5.75 Å². The van der Waals surface area contributed by atoms with E-state index in [2.05, 4.69) is 16.4 Å². The summed E-state index contributed by atoms with van der Waals surface area (Å²) >= 11 is 13.4. The highest BCUT2D eigenvalue weighted by atomic mass is 35.5. The normalized spacial score (nSPS) is 22.0. The largest absolute Gasteiger partial charge is 0.490 e. The van der Waals surface area contributed by atoms with Crippen LogP contribution in [0.2, 0.25) is 10.0 Å². The van der Waals surface area contributed by atoms with Crippen molar-refractivity contribution in [3.63, 3.8) is 0 Å². The zero-order valence-corrected chi connectivity index (χ0v) is 27.4. The number of hydrogen-bond acceptors (Lipinski definition) is 7. The Morgan fingerprint density at radius 1 is 1.02 bits per heavy atom. The van der Waals surface area contributed by atoms with Gasteiger partial charge in [0.05, 0.1) is 43.2 Å². The summed E-state index contributed by atoms with van der Waals surface area (Å²) in [5.74, 6) is 0.830. The summed E-state index contributed by atoms with van der Waals surface area (Å²) in [5.41, 5.74) is 4.53. The number of amides is 1. The molecule has 3 aromatic rings. The Balaban J connectivity index is 1.01. The maximum Gasteiger partial charge on any atom is 0.220 e. The monoisotopic (exact) mass is 668 g/mol. The Hall–Kier alpha value is -2.72. The van der Waals surface area contributed by atoms with Gasteiger partial charge >= 0.3 is 0 Å². The molecule has 0 spiro atoms. The van der Waals surface area contributed by atoms with E-state index < -0.39 is 11.7 Å². The number of rotatable bonds is 15. The van der Waals surface area contributed by atoms with Crippen LogP contribution in [-0.4, -0.2) is 58.7 Å². The van der Waals surface area contributed by atoms with Crippen LogP contribution >= 0.6 is 23.2 Å². The zero-order valence-electron chi connectivity index (χ0n) is 25.9. The Morgan fingerprint density at radius 2 is 1.78 bits per heavy atom. The standard InChI is InChI=1S/C36H42Cl2N2O6/c37-32-16-24(33(38)15-23(32)5-1-4-8-35(43)40-19-27-17-25(42)18-28(21-41)45-27)22-44-36(12-13-36)31-20-39-14-11-29(31)30-6-2-3-7-34(30)46-26-9-10-26/h2-3,6-7,11,14-16,20,25-28,41-42H,1,4-5,8-10,12-13,17-19,21-22H2,(H,40,43). The summed E-state index contributed by atoms with van der Waals surface area (Å²) in [5, 5.41) is 23.4. The average molecular weight is 670 g/mol. The second kappa shape index (κ2) is 15.0. The number of para-hydroxylation sites is 1. The first kappa shape index (κ1) is 33.2. The van der Waals surface area contributed by atoms with Crippen LogP contribution in [0.4, 0.5) is 0 Å². The van der Waals surface area contributed by atoms with E-state index in [0.29, 0.717) is 61.4 Å². The van der Waals surface area contributed by atoms with Crippen molar-refractivity contribution in [2.45, 2.75) is 101 Å². The zero-order chi connectivity index (χ0) is 32.1. The molecule has 246 valence electrons. The van der Waals surface area contributed by atoms with Crippen LogP contribution in [0.25, 0.3) is 11.1 Å². The molecule has 1 amide bonds. The number of nitrogens with zero attached hydrogens (tertiary/aromatic N) is 1. The van der Waals surface area contributed by atoms with Gasteiger partial charge in [0.2, 0.25) is 5.91 Å². The molecule has 2 saturated carbocycles. The van der Waals surface area contributed by atoms with E-state index in [-0.39, 0.29) is 24.7 Å². The average Bonchev–Trinajstić information content (AvgIpc) is 4.00. The van der Waals surface area contributed by atoms with Gasteiger partial charge in [-0.2, -0.15) is 0 Å². The molecule has 1 aromatic heterocycles. The van der Waals surface area contributed by atoms with Gasteiger partial charge in [-0.1, -0.05) is 41.4 Å². The van der Waals surface area contributed by atoms with Crippen molar-refractivity contribution in [1.82, 2.24) is 10.3 Å². The van der Waals surface area contributed by atoms with E-state index in [1.54, 1.807) is 0 Å². The predicted molar refractivity (Wildman–Crippen MR) is 177 cm³/mol. The van der Waals surface area contributed by atoms with Crippen molar-refractivity contribution >= 4 is 29.1 Å². The fraction of sp³-hybridized carbons (Fsp3) is 0.500. The fourth-order valence-corrected chi connectivity index (χ4v) is 6.68. The minimum absolute atomic E-state index is 0.0643. The lowest BCUT2D eigenvalue weighted by atomic mass is 9.96. The quantitative estimate of drug-likeness (QED) is 0.158. The van der Waals surface area contributed by atoms with Crippen LogP contribution in [0.15, 0.2) is 54.9 Å². The van der Waals surface area contributed by atoms with Gasteiger partial charge in [0.25, 0.3) is 0 Å². The van der Waals surface area contributed by atoms with Crippen molar-refractivity contribution in [3.8, 4) is 16.9 Å². The third-order valence-corrected chi connectivity index (χ3v) is 9.72. The van der Waals surface area contributed by atoms with Gasteiger partial charge in [-0.05, 0) is 85.9 Å². The van der Waals surface area contributed by atoms with Gasteiger partial charge in [-0.25, -0.2) is 0 Å². The number of aromatic nitrogens is 1. The molecular weight excluding hydrogens is 627 g/mol. The van der Waals surface area contributed by atoms with Crippen LogP contribution in [-0.2, 0) is 32.9 Å². The number of carbonyl (C=O) groups is 1. The SMILES string of the molecule is O=C(CCCCc1cc(Cl)c(COC2(c3cnccc3-c3ccccc3OC3CC3)CC2)cc1Cl)NCC1CC(O)CC(CO)O1. The van der Waals surface area contributed by atoms with E-state index in [1.165, 1.54) is 0 Å².